The van der Waals surface area contributed by atoms with Crippen molar-refractivity contribution in [3.05, 3.63) is 64.0 Å². The lowest BCUT2D eigenvalue weighted by Gasteiger charge is -2.03. The van der Waals surface area contributed by atoms with Gasteiger partial charge in [0.15, 0.2) is 0 Å². The number of thioether (sulfide) groups is 1. The van der Waals surface area contributed by atoms with E-state index in [0.717, 1.165) is 11.0 Å². The van der Waals surface area contributed by atoms with Gasteiger partial charge in [-0.2, -0.15) is 0 Å². The molecule has 6 heteroatoms. The van der Waals surface area contributed by atoms with Gasteiger partial charge in [0.2, 0.25) is 0 Å². The van der Waals surface area contributed by atoms with Crippen LogP contribution in [0.3, 0.4) is 0 Å². The second-order valence-electron chi connectivity index (χ2n) is 3.93. The highest BCUT2D eigenvalue weighted by atomic mass is 32.2. The van der Waals surface area contributed by atoms with Crippen LogP contribution in [0, 0.1) is 15.9 Å². The number of hydrogen-bond donors (Lipinski definition) is 1. The minimum atomic E-state index is -0.597. The van der Waals surface area contributed by atoms with Crippen molar-refractivity contribution in [2.75, 3.05) is 5.73 Å². The average molecular weight is 278 g/mol. The van der Waals surface area contributed by atoms with Gasteiger partial charge in [-0.15, -0.1) is 11.8 Å². The first-order valence-electron chi connectivity index (χ1n) is 5.47. The van der Waals surface area contributed by atoms with Crippen molar-refractivity contribution in [1.29, 1.82) is 0 Å². The second-order valence-corrected chi connectivity index (χ2v) is 4.98. The van der Waals surface area contributed by atoms with Crippen molar-refractivity contribution >= 4 is 23.1 Å². The molecule has 0 aliphatic heterocycles. The smallest absolute Gasteiger partial charge is 0.272 e. The molecule has 0 aliphatic carbocycles. The summed E-state index contributed by atoms with van der Waals surface area (Å²) < 4.78 is 13.2. The third-order valence-corrected chi connectivity index (χ3v) is 3.52. The van der Waals surface area contributed by atoms with Crippen LogP contribution in [-0.4, -0.2) is 4.92 Å². The number of nitrogen functional groups attached to an aromatic ring is 1. The first-order valence-corrected chi connectivity index (χ1v) is 6.45. The van der Waals surface area contributed by atoms with Crippen LogP contribution < -0.4 is 5.73 Å². The van der Waals surface area contributed by atoms with Gasteiger partial charge in [-0.1, -0.05) is 0 Å². The standard InChI is InChI=1S/C13H11FN2O2S/c14-10-5-9(6-12(7-10)16(17)18)8-19-13-3-1-11(15)2-4-13/h1-7H,8,15H2. The number of nitrogens with zero attached hydrogens (tertiary/aromatic N) is 1. The first kappa shape index (κ1) is 13.4. The molecule has 0 aliphatic rings. The minimum absolute atomic E-state index is 0.229. The lowest BCUT2D eigenvalue weighted by atomic mass is 10.2. The molecule has 0 spiro atoms. The lowest BCUT2D eigenvalue weighted by Crippen LogP contribution is -1.92. The zero-order valence-electron chi connectivity index (χ0n) is 9.88. The van der Waals surface area contributed by atoms with Crippen molar-refractivity contribution in [1.82, 2.24) is 0 Å². The number of hydrogen-bond acceptors (Lipinski definition) is 4. The van der Waals surface area contributed by atoms with Crippen LogP contribution >= 0.6 is 11.8 Å². The molecule has 2 aromatic rings. The molecule has 0 fully saturated rings. The Labute approximate surface area is 113 Å². The number of halogens is 1. The van der Waals surface area contributed by atoms with E-state index in [4.69, 9.17) is 5.73 Å². The number of non-ortho nitro benzene ring substituents is 1. The fraction of sp³-hybridized carbons (Fsp3) is 0.0769. The van der Waals surface area contributed by atoms with Gasteiger partial charge in [0.25, 0.3) is 5.69 Å². The van der Waals surface area contributed by atoms with E-state index in [1.807, 2.05) is 12.1 Å². The van der Waals surface area contributed by atoms with Gasteiger partial charge in [-0.3, -0.25) is 10.1 Å². The van der Waals surface area contributed by atoms with E-state index in [1.54, 1.807) is 12.1 Å². The Kier molecular flexibility index (Phi) is 4.01. The highest BCUT2D eigenvalue weighted by molar-refractivity contribution is 7.98. The van der Waals surface area contributed by atoms with E-state index >= 15 is 0 Å². The van der Waals surface area contributed by atoms with Gasteiger partial charge in [-0.25, -0.2) is 4.39 Å². The molecule has 2 aromatic carbocycles. The molecule has 0 saturated heterocycles. The Balaban J connectivity index is 2.11. The molecule has 0 bridgehead atoms. The molecule has 0 aromatic heterocycles. The monoisotopic (exact) mass is 278 g/mol. The van der Waals surface area contributed by atoms with E-state index < -0.39 is 10.7 Å². The third-order valence-electron chi connectivity index (χ3n) is 2.44. The maximum Gasteiger partial charge on any atom is 0.272 e. The topological polar surface area (TPSA) is 69.2 Å². The van der Waals surface area contributed by atoms with Gasteiger partial charge in [0.1, 0.15) is 5.82 Å². The highest BCUT2D eigenvalue weighted by Crippen LogP contribution is 2.26. The van der Waals surface area contributed by atoms with E-state index in [9.17, 15) is 14.5 Å². The lowest BCUT2D eigenvalue weighted by molar-refractivity contribution is -0.385. The van der Waals surface area contributed by atoms with Crippen molar-refractivity contribution in [2.45, 2.75) is 10.6 Å². The summed E-state index contributed by atoms with van der Waals surface area (Å²) in [6.07, 6.45) is 0. The number of benzene rings is 2. The molecule has 0 atom stereocenters. The molecule has 0 heterocycles. The predicted octanol–water partition coefficient (Wildman–Crippen LogP) is 3.61. The number of nitro groups is 1. The normalized spacial score (nSPS) is 10.4. The van der Waals surface area contributed by atoms with Crippen LogP contribution in [0.5, 0.6) is 0 Å². The van der Waals surface area contributed by atoms with E-state index in [-0.39, 0.29) is 5.69 Å². The van der Waals surface area contributed by atoms with Gasteiger partial charge in [0.05, 0.1) is 11.0 Å². The van der Waals surface area contributed by atoms with E-state index in [2.05, 4.69) is 0 Å². The zero-order valence-corrected chi connectivity index (χ0v) is 10.7. The van der Waals surface area contributed by atoms with Crippen molar-refractivity contribution in [3.63, 3.8) is 0 Å². The minimum Gasteiger partial charge on any atom is -0.399 e. The van der Waals surface area contributed by atoms with Gasteiger partial charge in [-0.05, 0) is 35.9 Å². The molecule has 0 amide bonds. The predicted molar refractivity (Wildman–Crippen MR) is 73.5 cm³/mol. The van der Waals surface area contributed by atoms with Crippen molar-refractivity contribution in [2.24, 2.45) is 0 Å². The summed E-state index contributed by atoms with van der Waals surface area (Å²) in [4.78, 5) is 11.0. The molecular weight excluding hydrogens is 267 g/mol. The Bertz CT molecular complexity index is 602. The molecule has 19 heavy (non-hydrogen) atoms. The molecule has 0 radical (unpaired) electrons. The Morgan fingerprint density at radius 1 is 1.21 bits per heavy atom. The summed E-state index contributed by atoms with van der Waals surface area (Å²) in [5.74, 6) is -0.134. The quantitative estimate of drug-likeness (QED) is 0.401. The molecule has 0 saturated carbocycles. The second kappa shape index (κ2) is 5.71. The number of nitrogens with two attached hydrogens (primary N) is 1. The first-order chi connectivity index (χ1) is 9.04. The zero-order chi connectivity index (χ0) is 13.8. The van der Waals surface area contributed by atoms with Crippen molar-refractivity contribution in [3.8, 4) is 0 Å². The summed E-state index contributed by atoms with van der Waals surface area (Å²) in [7, 11) is 0. The fourth-order valence-corrected chi connectivity index (χ4v) is 2.38. The largest absolute Gasteiger partial charge is 0.399 e. The Morgan fingerprint density at radius 2 is 1.89 bits per heavy atom. The van der Waals surface area contributed by atoms with Crippen LogP contribution in [0.25, 0.3) is 0 Å². The number of nitro benzene ring substituents is 1. The van der Waals surface area contributed by atoms with E-state index in [1.165, 1.54) is 23.9 Å². The Morgan fingerprint density at radius 3 is 2.53 bits per heavy atom. The summed E-state index contributed by atoms with van der Waals surface area (Å²) in [6, 6.07) is 10.9. The number of rotatable bonds is 4. The summed E-state index contributed by atoms with van der Waals surface area (Å²) in [5, 5.41) is 10.6. The summed E-state index contributed by atoms with van der Waals surface area (Å²) in [6.45, 7) is 0. The van der Waals surface area contributed by atoms with Crippen LogP contribution in [0.15, 0.2) is 47.4 Å². The molecule has 98 valence electrons. The third kappa shape index (κ3) is 3.69. The maximum absolute atomic E-state index is 13.2. The average Bonchev–Trinajstić information content (AvgIpc) is 2.37. The van der Waals surface area contributed by atoms with Crippen LogP contribution in [0.1, 0.15) is 5.56 Å². The van der Waals surface area contributed by atoms with Gasteiger partial charge in [0, 0.05) is 22.4 Å². The molecular formula is C13H11FN2O2S. The van der Waals surface area contributed by atoms with Gasteiger partial charge >= 0.3 is 0 Å². The molecule has 4 nitrogen and oxygen atoms in total. The SMILES string of the molecule is Nc1ccc(SCc2cc(F)cc([N+](=O)[O-])c2)cc1. The highest BCUT2D eigenvalue weighted by Gasteiger charge is 2.09. The van der Waals surface area contributed by atoms with Crippen LogP contribution in [0.4, 0.5) is 15.8 Å². The number of anilines is 1. The fourth-order valence-electron chi connectivity index (χ4n) is 1.55. The van der Waals surface area contributed by atoms with Crippen LogP contribution in [-0.2, 0) is 5.75 Å². The summed E-state index contributed by atoms with van der Waals surface area (Å²) in [5.41, 5.74) is 6.59. The maximum atomic E-state index is 13.2. The summed E-state index contributed by atoms with van der Waals surface area (Å²) >= 11 is 1.47. The van der Waals surface area contributed by atoms with Gasteiger partial charge < -0.3 is 5.73 Å². The van der Waals surface area contributed by atoms with Crippen LogP contribution in [0.2, 0.25) is 0 Å². The molecule has 2 rings (SSSR count). The molecule has 0 unspecified atom stereocenters. The Hall–Kier alpha value is -2.08. The van der Waals surface area contributed by atoms with Crippen molar-refractivity contribution < 1.29 is 9.31 Å². The molecule has 2 N–H and O–H groups in total. The van der Waals surface area contributed by atoms with E-state index in [0.29, 0.717) is 17.0 Å².